The molecule has 1 aromatic carbocycles. The summed E-state index contributed by atoms with van der Waals surface area (Å²) in [5.74, 6) is 5.83. The summed E-state index contributed by atoms with van der Waals surface area (Å²) in [7, 11) is 0. The molecule has 0 aliphatic rings. The highest BCUT2D eigenvalue weighted by Crippen LogP contribution is 2.17. The van der Waals surface area contributed by atoms with Crippen molar-refractivity contribution in [1.82, 2.24) is 0 Å². The molecule has 0 amide bonds. The van der Waals surface area contributed by atoms with Crippen LogP contribution in [0.25, 0.3) is 0 Å². The normalized spacial score (nSPS) is 9.17. The van der Waals surface area contributed by atoms with E-state index in [4.69, 9.17) is 0 Å². The van der Waals surface area contributed by atoms with Gasteiger partial charge in [0.25, 0.3) is 5.69 Å². The molecule has 0 saturated carbocycles. The fourth-order valence-corrected chi connectivity index (χ4v) is 1.52. The maximum atomic E-state index is 10.7. The van der Waals surface area contributed by atoms with Crippen LogP contribution >= 0.6 is 11.8 Å². The molecule has 5 nitrogen and oxygen atoms in total. The van der Waals surface area contributed by atoms with Crippen molar-refractivity contribution in [3.8, 4) is 11.8 Å². The number of hydrogen-bond acceptors (Lipinski definition) is 5. The van der Waals surface area contributed by atoms with E-state index in [0.29, 0.717) is 17.6 Å². The summed E-state index contributed by atoms with van der Waals surface area (Å²) in [6.45, 7) is 1.45. The van der Waals surface area contributed by atoms with Crippen molar-refractivity contribution in [2.45, 2.75) is 6.92 Å². The number of carbonyl (C=O) groups is 2. The maximum absolute atomic E-state index is 10.7. The zero-order valence-electron chi connectivity index (χ0n) is 9.50. The monoisotopic (exact) mass is 263 g/mol. The molecule has 0 radical (unpaired) electrons. The van der Waals surface area contributed by atoms with Gasteiger partial charge in [-0.3, -0.25) is 19.7 Å². The maximum Gasteiger partial charge on any atom is 0.279 e. The summed E-state index contributed by atoms with van der Waals surface area (Å²) in [5, 5.41) is 10.6. The van der Waals surface area contributed by atoms with Crippen molar-refractivity contribution in [3.05, 3.63) is 39.4 Å². The van der Waals surface area contributed by atoms with E-state index in [2.05, 4.69) is 11.8 Å². The zero-order valence-corrected chi connectivity index (χ0v) is 10.3. The highest BCUT2D eigenvalue weighted by atomic mass is 32.2. The molecule has 6 heteroatoms. The Hall–Kier alpha value is -2.13. The van der Waals surface area contributed by atoms with Crippen LogP contribution < -0.4 is 0 Å². The van der Waals surface area contributed by atoms with Gasteiger partial charge in [-0.1, -0.05) is 23.6 Å². The van der Waals surface area contributed by atoms with E-state index >= 15 is 0 Å². The summed E-state index contributed by atoms with van der Waals surface area (Å²) in [5.41, 5.74) is 0.256. The quantitative estimate of drug-likeness (QED) is 0.361. The molecule has 1 aromatic rings. The Morgan fingerprint density at radius 2 is 2.28 bits per heavy atom. The molecule has 0 atom stereocenters. The van der Waals surface area contributed by atoms with Gasteiger partial charge in [0.05, 0.1) is 16.2 Å². The third kappa shape index (κ3) is 4.03. The van der Waals surface area contributed by atoms with Crippen molar-refractivity contribution in [3.63, 3.8) is 0 Å². The highest BCUT2D eigenvalue weighted by molar-refractivity contribution is 8.13. The van der Waals surface area contributed by atoms with E-state index in [9.17, 15) is 19.7 Å². The van der Waals surface area contributed by atoms with E-state index in [-0.39, 0.29) is 16.4 Å². The standard InChI is InChI=1S/C12H9NO4S/c1-9(15)18-6-2-3-10-4-5-12(13(16)17)11(7-10)8-14/h4-5,7-8H,6H2,1H3. The molecule has 1 rings (SSSR count). The first-order valence-electron chi connectivity index (χ1n) is 4.90. The van der Waals surface area contributed by atoms with Gasteiger partial charge in [-0.15, -0.1) is 0 Å². The van der Waals surface area contributed by atoms with E-state index in [1.807, 2.05) is 0 Å². The van der Waals surface area contributed by atoms with E-state index in [1.165, 1.54) is 25.1 Å². The van der Waals surface area contributed by atoms with Crippen LogP contribution in [-0.4, -0.2) is 22.1 Å². The average Bonchev–Trinajstić information content (AvgIpc) is 2.33. The van der Waals surface area contributed by atoms with Gasteiger partial charge in [0, 0.05) is 18.6 Å². The molecular formula is C12H9NO4S. The first-order valence-corrected chi connectivity index (χ1v) is 5.89. The Kier molecular flexibility index (Phi) is 5.08. The number of aldehydes is 1. The van der Waals surface area contributed by atoms with Gasteiger partial charge in [0.15, 0.2) is 11.4 Å². The van der Waals surface area contributed by atoms with Crippen molar-refractivity contribution in [1.29, 1.82) is 0 Å². The lowest BCUT2D eigenvalue weighted by Crippen LogP contribution is -1.94. The Balaban J connectivity index is 2.89. The molecule has 0 saturated heterocycles. The number of thioether (sulfide) groups is 1. The second kappa shape index (κ2) is 6.57. The summed E-state index contributed by atoms with van der Waals surface area (Å²) in [6.07, 6.45) is 0.424. The third-order valence-corrected chi connectivity index (χ3v) is 2.63. The topological polar surface area (TPSA) is 77.3 Å². The Bertz CT molecular complexity index is 557. The fourth-order valence-electron chi connectivity index (χ4n) is 1.17. The van der Waals surface area contributed by atoms with E-state index in [1.54, 1.807) is 0 Å². The number of benzene rings is 1. The lowest BCUT2D eigenvalue weighted by Gasteiger charge is -1.96. The van der Waals surface area contributed by atoms with Crippen molar-refractivity contribution in [2.75, 3.05) is 5.75 Å². The lowest BCUT2D eigenvalue weighted by atomic mass is 10.1. The lowest BCUT2D eigenvalue weighted by molar-refractivity contribution is -0.385. The van der Waals surface area contributed by atoms with Crippen LogP contribution in [0.5, 0.6) is 0 Å². The van der Waals surface area contributed by atoms with Crippen LogP contribution in [0.1, 0.15) is 22.8 Å². The van der Waals surface area contributed by atoms with Gasteiger partial charge in [0.1, 0.15) is 0 Å². The first kappa shape index (κ1) is 13.9. The number of rotatable bonds is 3. The predicted octanol–water partition coefficient (Wildman–Crippen LogP) is 2.04. The molecule has 0 aliphatic carbocycles. The summed E-state index contributed by atoms with van der Waals surface area (Å²) in [4.78, 5) is 31.3. The molecule has 0 aliphatic heterocycles. The number of nitrogens with zero attached hydrogens (tertiary/aromatic N) is 1. The van der Waals surface area contributed by atoms with Crippen LogP contribution in [0.3, 0.4) is 0 Å². The molecule has 0 fully saturated rings. The molecule has 0 heterocycles. The molecule has 0 aromatic heterocycles. The SMILES string of the molecule is CC(=O)SCC#Cc1ccc([N+](=O)[O-])c(C=O)c1. The van der Waals surface area contributed by atoms with Crippen molar-refractivity contribution >= 4 is 28.9 Å². The van der Waals surface area contributed by atoms with Crippen LogP contribution in [0.15, 0.2) is 18.2 Å². The van der Waals surface area contributed by atoms with Crippen molar-refractivity contribution < 1.29 is 14.5 Å². The second-order valence-corrected chi connectivity index (χ2v) is 4.38. The molecule has 0 unspecified atom stereocenters. The number of carbonyl (C=O) groups excluding carboxylic acids is 2. The van der Waals surface area contributed by atoms with Gasteiger partial charge in [-0.2, -0.15) is 0 Å². The fraction of sp³-hybridized carbons (Fsp3) is 0.167. The summed E-state index contributed by atoms with van der Waals surface area (Å²) < 4.78 is 0. The first-order chi connectivity index (χ1) is 8.54. The molecule has 0 N–H and O–H groups in total. The third-order valence-electron chi connectivity index (χ3n) is 1.93. The van der Waals surface area contributed by atoms with Crippen LogP contribution in [0.2, 0.25) is 0 Å². The molecule has 92 valence electrons. The second-order valence-electron chi connectivity index (χ2n) is 3.23. The predicted molar refractivity (Wildman–Crippen MR) is 68.5 cm³/mol. The molecule has 18 heavy (non-hydrogen) atoms. The minimum Gasteiger partial charge on any atom is -0.298 e. The Morgan fingerprint density at radius 3 is 2.83 bits per heavy atom. The largest absolute Gasteiger partial charge is 0.298 e. The van der Waals surface area contributed by atoms with Crippen LogP contribution in [0.4, 0.5) is 5.69 Å². The molecule has 0 spiro atoms. The van der Waals surface area contributed by atoms with Gasteiger partial charge in [-0.25, -0.2) is 0 Å². The average molecular weight is 263 g/mol. The summed E-state index contributed by atoms with van der Waals surface area (Å²) in [6, 6.07) is 4.07. The number of hydrogen-bond donors (Lipinski definition) is 0. The van der Waals surface area contributed by atoms with Gasteiger partial charge < -0.3 is 0 Å². The zero-order chi connectivity index (χ0) is 13.5. The minimum atomic E-state index is -0.619. The van der Waals surface area contributed by atoms with Crippen molar-refractivity contribution in [2.24, 2.45) is 0 Å². The van der Waals surface area contributed by atoms with Crippen LogP contribution in [0, 0.1) is 22.0 Å². The Labute approximate surface area is 108 Å². The van der Waals surface area contributed by atoms with E-state index < -0.39 is 4.92 Å². The molecular weight excluding hydrogens is 254 g/mol. The number of nitro benzene ring substituents is 1. The van der Waals surface area contributed by atoms with Gasteiger partial charge in [0.2, 0.25) is 0 Å². The summed E-state index contributed by atoms with van der Waals surface area (Å²) >= 11 is 1.08. The van der Waals surface area contributed by atoms with Crippen LogP contribution in [-0.2, 0) is 4.79 Å². The number of nitro groups is 1. The highest BCUT2D eigenvalue weighted by Gasteiger charge is 2.12. The minimum absolute atomic E-state index is 0.00831. The van der Waals surface area contributed by atoms with Gasteiger partial charge >= 0.3 is 0 Å². The molecule has 0 bridgehead atoms. The Morgan fingerprint density at radius 1 is 1.56 bits per heavy atom. The van der Waals surface area contributed by atoms with E-state index in [0.717, 1.165) is 11.8 Å². The smallest absolute Gasteiger partial charge is 0.279 e. The van der Waals surface area contributed by atoms with Gasteiger partial charge in [-0.05, 0) is 12.1 Å².